The predicted octanol–water partition coefficient (Wildman–Crippen LogP) is 0.903. The maximum Gasteiger partial charge on any atom is 0.125 e. The van der Waals surface area contributed by atoms with E-state index in [1.807, 2.05) is 30.3 Å². The lowest BCUT2D eigenvalue weighted by Gasteiger charge is -2.26. The van der Waals surface area contributed by atoms with Crippen molar-refractivity contribution in [3.63, 3.8) is 0 Å². The molecular formula is C15H25NO4. The largest absolute Gasteiger partial charge is 0.385 e. The molecule has 0 amide bonds. The highest BCUT2D eigenvalue weighted by molar-refractivity contribution is 5.22. The van der Waals surface area contributed by atoms with Crippen molar-refractivity contribution < 1.29 is 19.3 Å². The van der Waals surface area contributed by atoms with E-state index in [0.717, 1.165) is 12.0 Å². The number of rotatable bonds is 11. The van der Waals surface area contributed by atoms with Crippen molar-refractivity contribution in [3.05, 3.63) is 35.9 Å². The fourth-order valence-electron chi connectivity index (χ4n) is 1.77. The van der Waals surface area contributed by atoms with Crippen LogP contribution in [0.3, 0.4) is 0 Å². The molecule has 0 spiro atoms. The molecule has 0 fully saturated rings. The van der Waals surface area contributed by atoms with Gasteiger partial charge in [0.25, 0.3) is 0 Å². The van der Waals surface area contributed by atoms with Gasteiger partial charge in [0.2, 0.25) is 0 Å². The smallest absolute Gasteiger partial charge is 0.125 e. The Kier molecular flexibility index (Phi) is 8.41. The standard InChI is InChI=1S/C15H25NO4/c1-18-8-5-9-19-10-11-20-13-15(17,12-16)14-6-3-2-4-7-14/h2-4,6-7,17H,5,8-13,16H2,1H3. The molecule has 20 heavy (non-hydrogen) atoms. The molecule has 0 heterocycles. The molecule has 3 N–H and O–H groups in total. The molecular weight excluding hydrogens is 258 g/mol. The van der Waals surface area contributed by atoms with Gasteiger partial charge in [0.15, 0.2) is 0 Å². The lowest BCUT2D eigenvalue weighted by Crippen LogP contribution is -2.39. The Bertz CT molecular complexity index is 347. The predicted molar refractivity (Wildman–Crippen MR) is 77.5 cm³/mol. The van der Waals surface area contributed by atoms with Crippen LogP contribution >= 0.6 is 0 Å². The van der Waals surface area contributed by atoms with Gasteiger partial charge < -0.3 is 25.1 Å². The van der Waals surface area contributed by atoms with E-state index in [1.165, 1.54) is 0 Å². The molecule has 0 aliphatic carbocycles. The van der Waals surface area contributed by atoms with Gasteiger partial charge in [-0.3, -0.25) is 0 Å². The molecule has 0 aliphatic rings. The third kappa shape index (κ3) is 5.98. The zero-order chi connectivity index (χ0) is 14.7. The summed E-state index contributed by atoms with van der Waals surface area (Å²) in [5.74, 6) is 0. The number of hydrogen-bond donors (Lipinski definition) is 2. The van der Waals surface area contributed by atoms with Crippen molar-refractivity contribution in [1.82, 2.24) is 0 Å². The number of nitrogens with two attached hydrogens (primary N) is 1. The highest BCUT2D eigenvalue weighted by Crippen LogP contribution is 2.19. The summed E-state index contributed by atoms with van der Waals surface area (Å²) in [6.45, 7) is 2.56. The van der Waals surface area contributed by atoms with Gasteiger partial charge in [0.1, 0.15) is 5.60 Å². The number of methoxy groups -OCH3 is 1. The van der Waals surface area contributed by atoms with Crippen LogP contribution in [0.15, 0.2) is 30.3 Å². The summed E-state index contributed by atoms with van der Waals surface area (Å²) < 4.78 is 15.8. The van der Waals surface area contributed by atoms with Gasteiger partial charge in [-0.2, -0.15) is 0 Å². The Morgan fingerprint density at radius 3 is 2.40 bits per heavy atom. The van der Waals surface area contributed by atoms with Gasteiger partial charge in [-0.1, -0.05) is 30.3 Å². The molecule has 0 radical (unpaired) electrons. The van der Waals surface area contributed by atoms with Crippen molar-refractivity contribution in [2.75, 3.05) is 46.7 Å². The number of ether oxygens (including phenoxy) is 3. The van der Waals surface area contributed by atoms with E-state index < -0.39 is 5.60 Å². The van der Waals surface area contributed by atoms with Crippen LogP contribution in [0.2, 0.25) is 0 Å². The van der Waals surface area contributed by atoms with Crippen LogP contribution in [0.5, 0.6) is 0 Å². The minimum atomic E-state index is -1.14. The van der Waals surface area contributed by atoms with Gasteiger partial charge >= 0.3 is 0 Å². The summed E-state index contributed by atoms with van der Waals surface area (Å²) in [6.07, 6.45) is 0.868. The third-order valence-electron chi connectivity index (χ3n) is 3.00. The molecule has 5 heteroatoms. The van der Waals surface area contributed by atoms with Crippen molar-refractivity contribution in [2.24, 2.45) is 5.73 Å². The fourth-order valence-corrected chi connectivity index (χ4v) is 1.77. The number of aliphatic hydroxyl groups is 1. The van der Waals surface area contributed by atoms with Crippen molar-refractivity contribution in [2.45, 2.75) is 12.0 Å². The molecule has 5 nitrogen and oxygen atoms in total. The first kappa shape index (κ1) is 17.1. The summed E-state index contributed by atoms with van der Waals surface area (Å²) in [7, 11) is 1.67. The highest BCUT2D eigenvalue weighted by Gasteiger charge is 2.27. The molecule has 1 rings (SSSR count). The van der Waals surface area contributed by atoms with Gasteiger partial charge in [-0.05, 0) is 12.0 Å². The first-order chi connectivity index (χ1) is 9.73. The van der Waals surface area contributed by atoms with E-state index in [2.05, 4.69) is 0 Å². The fraction of sp³-hybridized carbons (Fsp3) is 0.600. The Labute approximate surface area is 120 Å². The molecule has 1 unspecified atom stereocenters. The number of benzene rings is 1. The average molecular weight is 283 g/mol. The molecule has 1 atom stereocenters. The SMILES string of the molecule is COCCCOCCOCC(O)(CN)c1ccccc1. The normalized spacial score (nSPS) is 14.2. The zero-order valence-corrected chi connectivity index (χ0v) is 12.1. The second-order valence-electron chi connectivity index (χ2n) is 4.61. The molecule has 1 aromatic rings. The summed E-state index contributed by atoms with van der Waals surface area (Å²) in [5, 5.41) is 10.5. The van der Waals surface area contributed by atoms with Crippen LogP contribution in [0.1, 0.15) is 12.0 Å². The molecule has 0 saturated carbocycles. The van der Waals surface area contributed by atoms with Crippen molar-refractivity contribution in [3.8, 4) is 0 Å². The van der Waals surface area contributed by atoms with E-state index in [0.29, 0.717) is 26.4 Å². The Balaban J connectivity index is 2.22. The van der Waals surface area contributed by atoms with Crippen LogP contribution in [0, 0.1) is 0 Å². The molecule has 0 aliphatic heterocycles. The van der Waals surface area contributed by atoms with Crippen LogP contribution in [-0.4, -0.2) is 51.8 Å². The van der Waals surface area contributed by atoms with Gasteiger partial charge in [-0.15, -0.1) is 0 Å². The second kappa shape index (κ2) is 9.85. The van der Waals surface area contributed by atoms with Crippen LogP contribution in [0.25, 0.3) is 0 Å². The lowest BCUT2D eigenvalue weighted by atomic mass is 9.95. The van der Waals surface area contributed by atoms with Crippen LogP contribution in [0.4, 0.5) is 0 Å². The maximum absolute atomic E-state index is 10.5. The van der Waals surface area contributed by atoms with Crippen molar-refractivity contribution >= 4 is 0 Å². The zero-order valence-electron chi connectivity index (χ0n) is 12.1. The quantitative estimate of drug-likeness (QED) is 0.590. The average Bonchev–Trinajstić information content (AvgIpc) is 2.50. The summed E-state index contributed by atoms with van der Waals surface area (Å²) in [6, 6.07) is 9.33. The third-order valence-corrected chi connectivity index (χ3v) is 3.00. The first-order valence-electron chi connectivity index (χ1n) is 6.85. The Hall–Kier alpha value is -0.980. The van der Waals surface area contributed by atoms with Gasteiger partial charge in [-0.25, -0.2) is 0 Å². The minimum absolute atomic E-state index is 0.117. The van der Waals surface area contributed by atoms with Gasteiger partial charge in [0, 0.05) is 26.9 Å². The van der Waals surface area contributed by atoms with E-state index >= 15 is 0 Å². The molecule has 0 saturated heterocycles. The lowest BCUT2D eigenvalue weighted by molar-refractivity contribution is -0.0575. The Morgan fingerprint density at radius 1 is 1.05 bits per heavy atom. The molecule has 0 bridgehead atoms. The first-order valence-corrected chi connectivity index (χ1v) is 6.85. The van der Waals surface area contributed by atoms with Crippen molar-refractivity contribution in [1.29, 1.82) is 0 Å². The van der Waals surface area contributed by atoms with E-state index in [4.69, 9.17) is 19.9 Å². The van der Waals surface area contributed by atoms with Gasteiger partial charge in [0.05, 0.1) is 19.8 Å². The molecule has 0 aromatic heterocycles. The van der Waals surface area contributed by atoms with E-state index in [9.17, 15) is 5.11 Å². The summed E-state index contributed by atoms with van der Waals surface area (Å²) in [4.78, 5) is 0. The van der Waals surface area contributed by atoms with E-state index in [1.54, 1.807) is 7.11 Å². The molecule has 1 aromatic carbocycles. The topological polar surface area (TPSA) is 73.9 Å². The second-order valence-corrected chi connectivity index (χ2v) is 4.61. The summed E-state index contributed by atoms with van der Waals surface area (Å²) >= 11 is 0. The maximum atomic E-state index is 10.5. The number of hydrogen-bond acceptors (Lipinski definition) is 5. The highest BCUT2D eigenvalue weighted by atomic mass is 16.5. The Morgan fingerprint density at radius 2 is 1.75 bits per heavy atom. The van der Waals surface area contributed by atoms with Crippen LogP contribution < -0.4 is 5.73 Å². The molecule has 114 valence electrons. The van der Waals surface area contributed by atoms with Crippen LogP contribution in [-0.2, 0) is 19.8 Å². The monoisotopic (exact) mass is 283 g/mol. The minimum Gasteiger partial charge on any atom is -0.385 e. The van der Waals surface area contributed by atoms with E-state index in [-0.39, 0.29) is 13.2 Å². The summed E-state index contributed by atoms with van der Waals surface area (Å²) in [5.41, 5.74) is 5.29.